The van der Waals surface area contributed by atoms with Crippen LogP contribution in [0.3, 0.4) is 0 Å². The number of fused-ring (bicyclic) bond motifs is 2. The second-order valence-corrected chi connectivity index (χ2v) is 10.1. The summed E-state index contributed by atoms with van der Waals surface area (Å²) in [6.45, 7) is 0.572. The van der Waals surface area contributed by atoms with Gasteiger partial charge in [-0.1, -0.05) is 72.8 Å². The Morgan fingerprint density at radius 3 is 2.44 bits per heavy atom. The van der Waals surface area contributed by atoms with Gasteiger partial charge >= 0.3 is 0 Å². The van der Waals surface area contributed by atoms with Crippen LogP contribution in [0.5, 0.6) is 0 Å². The minimum Gasteiger partial charge on any atom is -0.349 e. The van der Waals surface area contributed by atoms with Crippen LogP contribution in [0.4, 0.5) is 11.4 Å². The third-order valence-corrected chi connectivity index (χ3v) is 6.85. The summed E-state index contributed by atoms with van der Waals surface area (Å²) in [5, 5.41) is 9.44. The van der Waals surface area contributed by atoms with Crippen molar-refractivity contribution in [3.8, 4) is 0 Å². The molecule has 8 heteroatoms. The number of nitrogens with zero attached hydrogens (tertiary/aromatic N) is 3. The van der Waals surface area contributed by atoms with Crippen molar-refractivity contribution in [2.45, 2.75) is 18.6 Å². The molecule has 0 spiro atoms. The maximum atomic E-state index is 13.5. The minimum atomic E-state index is -3.52. The lowest BCUT2D eigenvalue weighted by Gasteiger charge is -2.25. The van der Waals surface area contributed by atoms with Crippen LogP contribution in [0.25, 0.3) is 10.8 Å². The van der Waals surface area contributed by atoms with Crippen molar-refractivity contribution >= 4 is 32.0 Å². The van der Waals surface area contributed by atoms with E-state index in [-0.39, 0.29) is 18.6 Å². The first-order chi connectivity index (χ1) is 15.4. The smallest absolute Gasteiger partial charge is 0.292 e. The molecule has 0 fully saturated rings. The topological polar surface area (TPSA) is 84.3 Å². The molecule has 32 heavy (non-hydrogen) atoms. The van der Waals surface area contributed by atoms with Gasteiger partial charge in [0.2, 0.25) is 5.50 Å². The molecule has 5 rings (SSSR count). The minimum absolute atomic E-state index is 0.284. The van der Waals surface area contributed by atoms with Crippen LogP contribution in [-0.4, -0.2) is 30.0 Å². The number of aromatic nitrogens is 2. The molecule has 7 nitrogen and oxygen atoms in total. The average Bonchev–Trinajstić information content (AvgIpc) is 3.16. The van der Waals surface area contributed by atoms with Crippen molar-refractivity contribution in [2.24, 2.45) is 0 Å². The SMILES string of the molecule is CS(=O)(=O)C1Nc2cnn(Cc3cccc4ccccc34)c(=O)c2N1Cc1ccccc1. The predicted octanol–water partition coefficient (Wildman–Crippen LogP) is 3.21. The van der Waals surface area contributed by atoms with E-state index in [0.29, 0.717) is 11.4 Å². The van der Waals surface area contributed by atoms with Crippen LogP contribution < -0.4 is 15.8 Å². The van der Waals surface area contributed by atoms with E-state index in [4.69, 9.17) is 0 Å². The van der Waals surface area contributed by atoms with Crippen LogP contribution in [0.15, 0.2) is 83.8 Å². The van der Waals surface area contributed by atoms with Crippen LogP contribution >= 0.6 is 0 Å². The fourth-order valence-corrected chi connectivity index (χ4v) is 5.16. The summed E-state index contributed by atoms with van der Waals surface area (Å²) < 4.78 is 26.4. The summed E-state index contributed by atoms with van der Waals surface area (Å²) in [5.41, 5.74) is 1.27. The van der Waals surface area contributed by atoms with Gasteiger partial charge in [-0.2, -0.15) is 5.10 Å². The van der Waals surface area contributed by atoms with E-state index in [1.807, 2.05) is 72.8 Å². The second-order valence-electron chi connectivity index (χ2n) is 7.95. The van der Waals surface area contributed by atoms with Crippen molar-refractivity contribution in [3.05, 3.63) is 100 Å². The fraction of sp³-hybridized carbons (Fsp3) is 0.167. The van der Waals surface area contributed by atoms with Gasteiger partial charge in [-0.3, -0.25) is 4.79 Å². The van der Waals surface area contributed by atoms with Crippen molar-refractivity contribution in [1.29, 1.82) is 0 Å². The molecule has 1 aromatic heterocycles. The van der Waals surface area contributed by atoms with Crippen molar-refractivity contribution in [1.82, 2.24) is 9.78 Å². The molecule has 0 aliphatic carbocycles. The van der Waals surface area contributed by atoms with E-state index in [0.717, 1.165) is 28.2 Å². The average molecular weight is 447 g/mol. The van der Waals surface area contributed by atoms with Gasteiger partial charge in [-0.05, 0) is 21.9 Å². The monoisotopic (exact) mass is 446 g/mol. The second kappa shape index (κ2) is 7.80. The lowest BCUT2D eigenvalue weighted by atomic mass is 10.0. The molecule has 1 N–H and O–H groups in total. The van der Waals surface area contributed by atoms with Gasteiger partial charge < -0.3 is 10.2 Å². The molecule has 3 aromatic carbocycles. The van der Waals surface area contributed by atoms with E-state index < -0.39 is 15.3 Å². The number of nitrogens with one attached hydrogen (secondary N) is 1. The van der Waals surface area contributed by atoms with Gasteiger partial charge in [0.1, 0.15) is 5.69 Å². The zero-order valence-corrected chi connectivity index (χ0v) is 18.3. The molecule has 1 aliphatic rings. The third-order valence-electron chi connectivity index (χ3n) is 5.67. The molecular formula is C24H22N4O3S. The molecule has 0 radical (unpaired) electrons. The Balaban J connectivity index is 1.58. The number of hydrogen-bond donors (Lipinski definition) is 1. The van der Waals surface area contributed by atoms with Crippen LogP contribution in [0.2, 0.25) is 0 Å². The van der Waals surface area contributed by atoms with Gasteiger partial charge in [-0.15, -0.1) is 0 Å². The Morgan fingerprint density at radius 2 is 1.66 bits per heavy atom. The summed E-state index contributed by atoms with van der Waals surface area (Å²) in [6, 6.07) is 23.4. The largest absolute Gasteiger partial charge is 0.349 e. The summed E-state index contributed by atoms with van der Waals surface area (Å²) >= 11 is 0. The van der Waals surface area contributed by atoms with Crippen LogP contribution in [-0.2, 0) is 22.9 Å². The van der Waals surface area contributed by atoms with Crippen molar-refractivity contribution < 1.29 is 8.42 Å². The highest BCUT2D eigenvalue weighted by Gasteiger charge is 2.38. The Kier molecular flexibility index (Phi) is 4.94. The maximum Gasteiger partial charge on any atom is 0.292 e. The first-order valence-corrected chi connectivity index (χ1v) is 12.2. The Bertz CT molecular complexity index is 1460. The summed E-state index contributed by atoms with van der Waals surface area (Å²) in [5.74, 6) is 0. The van der Waals surface area contributed by atoms with E-state index in [1.54, 1.807) is 4.90 Å². The van der Waals surface area contributed by atoms with Gasteiger partial charge in [0.15, 0.2) is 9.84 Å². The van der Waals surface area contributed by atoms with Crippen LogP contribution in [0.1, 0.15) is 11.1 Å². The number of benzene rings is 3. The third kappa shape index (κ3) is 3.62. The first-order valence-electron chi connectivity index (χ1n) is 10.2. The normalized spacial score (nSPS) is 15.5. The molecule has 2 heterocycles. The molecule has 0 saturated heterocycles. The van der Waals surface area contributed by atoms with E-state index in [2.05, 4.69) is 10.4 Å². The van der Waals surface area contributed by atoms with E-state index in [9.17, 15) is 13.2 Å². The highest BCUT2D eigenvalue weighted by atomic mass is 32.2. The Labute approximate surface area is 185 Å². The molecular weight excluding hydrogens is 424 g/mol. The summed E-state index contributed by atoms with van der Waals surface area (Å²) in [4.78, 5) is 15.1. The molecule has 162 valence electrons. The molecule has 0 bridgehead atoms. The Morgan fingerprint density at radius 1 is 0.938 bits per heavy atom. The molecule has 1 unspecified atom stereocenters. The van der Waals surface area contributed by atoms with Gasteiger partial charge in [-0.25, -0.2) is 13.1 Å². The highest BCUT2D eigenvalue weighted by molar-refractivity contribution is 7.91. The lowest BCUT2D eigenvalue weighted by molar-refractivity contribution is 0.586. The van der Waals surface area contributed by atoms with E-state index >= 15 is 0 Å². The van der Waals surface area contributed by atoms with Crippen molar-refractivity contribution in [2.75, 3.05) is 16.5 Å². The van der Waals surface area contributed by atoms with Crippen LogP contribution in [0, 0.1) is 0 Å². The number of hydrogen-bond acceptors (Lipinski definition) is 6. The number of sulfone groups is 1. The molecule has 1 aliphatic heterocycles. The fourth-order valence-electron chi connectivity index (χ4n) is 4.17. The van der Waals surface area contributed by atoms with Crippen molar-refractivity contribution in [3.63, 3.8) is 0 Å². The predicted molar refractivity (Wildman–Crippen MR) is 126 cm³/mol. The summed E-state index contributed by atoms with van der Waals surface area (Å²) in [7, 11) is -3.52. The molecule has 0 saturated carbocycles. The maximum absolute atomic E-state index is 13.5. The lowest BCUT2D eigenvalue weighted by Crippen LogP contribution is -2.43. The number of anilines is 2. The van der Waals surface area contributed by atoms with Gasteiger partial charge in [0.05, 0.1) is 18.4 Å². The molecule has 0 amide bonds. The standard InChI is InChI=1S/C24H22N4O3S/c1-32(30,31)24-26-21-14-25-28(16-19-12-7-11-18-10-5-6-13-20(18)19)23(29)22(21)27(24)15-17-8-3-2-4-9-17/h2-14,24,26H,15-16H2,1H3. The zero-order chi connectivity index (χ0) is 22.3. The van der Waals surface area contributed by atoms with Gasteiger partial charge in [0, 0.05) is 12.8 Å². The molecule has 4 aromatic rings. The first kappa shape index (κ1) is 20.3. The quantitative estimate of drug-likeness (QED) is 0.507. The Hall–Kier alpha value is -3.65. The van der Waals surface area contributed by atoms with E-state index in [1.165, 1.54) is 10.9 Å². The highest BCUT2D eigenvalue weighted by Crippen LogP contribution is 2.34. The zero-order valence-electron chi connectivity index (χ0n) is 17.5. The van der Waals surface area contributed by atoms with Gasteiger partial charge in [0.25, 0.3) is 5.56 Å². The molecule has 1 atom stereocenters. The number of rotatable bonds is 5. The summed E-state index contributed by atoms with van der Waals surface area (Å²) in [6.07, 6.45) is 2.70.